The van der Waals surface area contributed by atoms with Gasteiger partial charge in [0.2, 0.25) is 11.8 Å². The minimum absolute atomic E-state index is 0.0630. The maximum atomic E-state index is 12.4. The third-order valence-electron chi connectivity index (χ3n) is 5.23. The Morgan fingerprint density at radius 3 is 2.77 bits per heavy atom. The van der Waals surface area contributed by atoms with Crippen LogP contribution in [0.3, 0.4) is 0 Å². The lowest BCUT2D eigenvalue weighted by Gasteiger charge is -2.26. The minimum Gasteiger partial charge on any atom is -0.497 e. The molecule has 0 aliphatic carbocycles. The summed E-state index contributed by atoms with van der Waals surface area (Å²) in [5.74, 6) is 0.741. The molecule has 0 saturated heterocycles. The van der Waals surface area contributed by atoms with Crippen molar-refractivity contribution < 1.29 is 14.3 Å². The summed E-state index contributed by atoms with van der Waals surface area (Å²) in [5.41, 5.74) is 4.97. The first kappa shape index (κ1) is 16.6. The Morgan fingerprint density at radius 1 is 1.27 bits per heavy atom. The van der Waals surface area contributed by atoms with Crippen LogP contribution in [0, 0.1) is 0 Å². The van der Waals surface area contributed by atoms with E-state index < -0.39 is 0 Å². The fourth-order valence-electron chi connectivity index (χ4n) is 3.90. The average Bonchev–Trinajstić information content (AvgIpc) is 2.89. The van der Waals surface area contributed by atoms with Crippen LogP contribution in [-0.4, -0.2) is 25.5 Å². The monoisotopic (exact) mass is 350 g/mol. The van der Waals surface area contributed by atoms with E-state index in [9.17, 15) is 9.59 Å². The molecular formula is C21H22N2O3. The number of amides is 2. The molecule has 0 bridgehead atoms. The number of rotatable bonds is 4. The molecule has 2 heterocycles. The molecule has 5 heteroatoms. The largest absolute Gasteiger partial charge is 0.497 e. The van der Waals surface area contributed by atoms with Crippen molar-refractivity contribution in [2.75, 3.05) is 23.9 Å². The van der Waals surface area contributed by atoms with Gasteiger partial charge in [0.05, 0.1) is 25.1 Å². The van der Waals surface area contributed by atoms with Crippen LogP contribution in [0.25, 0.3) is 0 Å². The Morgan fingerprint density at radius 2 is 2.04 bits per heavy atom. The van der Waals surface area contributed by atoms with Crippen LogP contribution in [0.1, 0.15) is 36.0 Å². The third kappa shape index (κ3) is 2.83. The van der Waals surface area contributed by atoms with Crippen molar-refractivity contribution >= 4 is 23.2 Å². The number of carbonyl (C=O) groups excluding carboxylic acids is 2. The summed E-state index contributed by atoms with van der Waals surface area (Å²) < 4.78 is 5.14. The van der Waals surface area contributed by atoms with Gasteiger partial charge in [-0.2, -0.15) is 0 Å². The fourth-order valence-corrected chi connectivity index (χ4v) is 3.90. The van der Waals surface area contributed by atoms with Gasteiger partial charge < -0.3 is 15.0 Å². The highest BCUT2D eigenvalue weighted by Crippen LogP contribution is 2.44. The first-order valence-corrected chi connectivity index (χ1v) is 8.98. The number of nitrogens with one attached hydrogen (secondary N) is 1. The Labute approximate surface area is 153 Å². The zero-order valence-electron chi connectivity index (χ0n) is 15.0. The number of nitrogens with zero attached hydrogens (tertiary/aromatic N) is 1. The molecule has 2 aliphatic rings. The van der Waals surface area contributed by atoms with E-state index >= 15 is 0 Å². The van der Waals surface area contributed by atoms with Crippen molar-refractivity contribution in [2.24, 2.45) is 0 Å². The maximum Gasteiger partial charge on any atom is 0.234 e. The van der Waals surface area contributed by atoms with Crippen LogP contribution >= 0.6 is 0 Å². The number of benzene rings is 2. The molecule has 0 unspecified atom stereocenters. The highest BCUT2D eigenvalue weighted by atomic mass is 16.5. The molecule has 4 rings (SSSR count). The van der Waals surface area contributed by atoms with Crippen LogP contribution < -0.4 is 15.0 Å². The Hall–Kier alpha value is -2.82. The van der Waals surface area contributed by atoms with Crippen molar-refractivity contribution in [1.29, 1.82) is 0 Å². The number of carbonyl (C=O) groups is 2. The van der Waals surface area contributed by atoms with Gasteiger partial charge in [0.25, 0.3) is 0 Å². The van der Waals surface area contributed by atoms with E-state index in [1.54, 1.807) is 7.11 Å². The molecule has 0 saturated carbocycles. The van der Waals surface area contributed by atoms with Gasteiger partial charge in [0.15, 0.2) is 0 Å². The molecule has 0 radical (unpaired) electrons. The predicted molar refractivity (Wildman–Crippen MR) is 101 cm³/mol. The van der Waals surface area contributed by atoms with Crippen molar-refractivity contribution in [1.82, 2.24) is 0 Å². The minimum atomic E-state index is -0.139. The first-order valence-electron chi connectivity index (χ1n) is 8.98. The summed E-state index contributed by atoms with van der Waals surface area (Å²) in [6.07, 6.45) is 2.21. The maximum absolute atomic E-state index is 12.4. The predicted octanol–water partition coefficient (Wildman–Crippen LogP) is 3.27. The highest BCUT2D eigenvalue weighted by Gasteiger charge is 2.37. The molecule has 26 heavy (non-hydrogen) atoms. The average molecular weight is 350 g/mol. The van der Waals surface area contributed by atoms with Gasteiger partial charge in [-0.05, 0) is 60.7 Å². The van der Waals surface area contributed by atoms with E-state index in [1.807, 2.05) is 48.2 Å². The molecule has 2 aromatic rings. The number of anilines is 2. The van der Waals surface area contributed by atoms with E-state index in [4.69, 9.17) is 4.74 Å². The molecule has 1 N–H and O–H groups in total. The normalized spacial score (nSPS) is 17.8. The van der Waals surface area contributed by atoms with E-state index in [0.717, 1.165) is 53.2 Å². The van der Waals surface area contributed by atoms with Crippen molar-refractivity contribution in [3.8, 4) is 5.75 Å². The second-order valence-electron chi connectivity index (χ2n) is 6.96. The van der Waals surface area contributed by atoms with Gasteiger partial charge in [0, 0.05) is 12.2 Å². The van der Waals surface area contributed by atoms with Crippen LogP contribution in [0.5, 0.6) is 5.75 Å². The van der Waals surface area contributed by atoms with E-state index in [0.29, 0.717) is 6.42 Å². The first-order chi connectivity index (χ1) is 12.6. The molecular weight excluding hydrogens is 328 g/mol. The Balaban J connectivity index is 1.54. The van der Waals surface area contributed by atoms with Crippen LogP contribution in [0.2, 0.25) is 0 Å². The Kier molecular flexibility index (Phi) is 4.15. The van der Waals surface area contributed by atoms with E-state index in [1.165, 1.54) is 0 Å². The van der Waals surface area contributed by atoms with E-state index in [2.05, 4.69) is 5.32 Å². The summed E-state index contributed by atoms with van der Waals surface area (Å²) >= 11 is 0. The summed E-state index contributed by atoms with van der Waals surface area (Å²) in [6.45, 7) is 2.74. The van der Waals surface area contributed by atoms with E-state index in [-0.39, 0.29) is 17.7 Å². The molecule has 2 aliphatic heterocycles. The number of ether oxygens (including phenoxy) is 1. The lowest BCUT2D eigenvalue weighted by Crippen LogP contribution is -2.32. The number of hydrogen-bond donors (Lipinski definition) is 1. The SMILES string of the molecule is COc1ccc(CC(=O)Nc2cc3c4c(c2)[C@@H](C)C(=O)N4CCC3)cc1. The highest BCUT2D eigenvalue weighted by molar-refractivity contribution is 6.06. The van der Waals surface area contributed by atoms with Gasteiger partial charge in [-0.25, -0.2) is 0 Å². The molecule has 134 valence electrons. The summed E-state index contributed by atoms with van der Waals surface area (Å²) in [7, 11) is 1.62. The molecule has 2 aromatic carbocycles. The van der Waals surface area contributed by atoms with Crippen LogP contribution in [0.15, 0.2) is 36.4 Å². The molecule has 0 aromatic heterocycles. The van der Waals surface area contributed by atoms with Crippen molar-refractivity contribution in [3.05, 3.63) is 53.1 Å². The van der Waals surface area contributed by atoms with Crippen molar-refractivity contribution in [3.63, 3.8) is 0 Å². The van der Waals surface area contributed by atoms with Crippen molar-refractivity contribution in [2.45, 2.75) is 32.1 Å². The van der Waals surface area contributed by atoms with Crippen LogP contribution in [0.4, 0.5) is 11.4 Å². The number of methoxy groups -OCH3 is 1. The zero-order chi connectivity index (χ0) is 18.3. The molecule has 5 nitrogen and oxygen atoms in total. The molecule has 1 atom stereocenters. The number of hydrogen-bond acceptors (Lipinski definition) is 3. The van der Waals surface area contributed by atoms with Crippen LogP contribution in [-0.2, 0) is 22.4 Å². The summed E-state index contributed by atoms with van der Waals surface area (Å²) in [4.78, 5) is 26.8. The second-order valence-corrected chi connectivity index (χ2v) is 6.96. The van der Waals surface area contributed by atoms with Gasteiger partial charge in [-0.3, -0.25) is 9.59 Å². The van der Waals surface area contributed by atoms with Gasteiger partial charge in [-0.1, -0.05) is 12.1 Å². The molecule has 0 fully saturated rings. The second kappa shape index (κ2) is 6.48. The van der Waals surface area contributed by atoms with Gasteiger partial charge in [-0.15, -0.1) is 0 Å². The fraction of sp³-hybridized carbons (Fsp3) is 0.333. The topological polar surface area (TPSA) is 58.6 Å². The quantitative estimate of drug-likeness (QED) is 0.921. The smallest absolute Gasteiger partial charge is 0.234 e. The standard InChI is InChI=1S/C21H22N2O3/c1-13-18-12-16(11-15-4-3-9-23(20(15)18)21(13)25)22-19(24)10-14-5-7-17(26-2)8-6-14/h5-8,11-13H,3-4,9-10H2,1-2H3,(H,22,24)/t13-/m1/s1. The third-order valence-corrected chi connectivity index (χ3v) is 5.23. The summed E-state index contributed by atoms with van der Waals surface area (Å²) in [5, 5.41) is 3.00. The molecule has 2 amide bonds. The Bertz CT molecular complexity index is 874. The van der Waals surface area contributed by atoms with Gasteiger partial charge >= 0.3 is 0 Å². The van der Waals surface area contributed by atoms with Gasteiger partial charge in [0.1, 0.15) is 5.75 Å². The molecule has 0 spiro atoms. The number of aryl methyl sites for hydroxylation is 1. The lowest BCUT2D eigenvalue weighted by atomic mass is 9.96. The zero-order valence-corrected chi connectivity index (χ0v) is 15.0. The summed E-state index contributed by atoms with van der Waals surface area (Å²) in [6, 6.07) is 11.5. The lowest BCUT2D eigenvalue weighted by molar-refractivity contribution is -0.119.